The lowest BCUT2D eigenvalue weighted by Crippen LogP contribution is -2.70. The quantitative estimate of drug-likeness (QED) is 0.354. The number of β-lactam (4-membered cyclic amide) rings is 1. The molecule has 1 aromatic carbocycles. The lowest BCUT2D eigenvalue weighted by molar-refractivity contribution is -0.149. The van der Waals surface area contributed by atoms with Gasteiger partial charge in [0.15, 0.2) is 5.76 Å². The molecule has 184 valence electrons. The van der Waals surface area contributed by atoms with E-state index in [1.807, 2.05) is 0 Å². The van der Waals surface area contributed by atoms with Crippen molar-refractivity contribution < 1.29 is 38.2 Å². The summed E-state index contributed by atoms with van der Waals surface area (Å²) in [6, 6.07) is 7.24. The number of carboxylic acid groups (broad SMARTS) is 1. The number of carbonyl (C=O) groups excluding carboxylic acids is 3. The minimum absolute atomic E-state index is 0.0258. The number of nitrogens with one attached hydrogen (secondary N) is 1. The molecule has 0 aliphatic carbocycles. The number of rotatable bonds is 8. The zero-order valence-electron chi connectivity index (χ0n) is 18.1. The highest BCUT2D eigenvalue weighted by Gasteiger charge is 2.54. The first-order valence-electron chi connectivity index (χ1n) is 10.2. The molecule has 4 rings (SSSR count). The second-order valence-electron chi connectivity index (χ2n) is 7.53. The number of hydrogen-bond acceptors (Lipinski definition) is 8. The summed E-state index contributed by atoms with van der Waals surface area (Å²) < 4.78 is 16.9. The van der Waals surface area contributed by atoms with Crippen molar-refractivity contribution in [3.05, 3.63) is 62.6 Å². The van der Waals surface area contributed by atoms with Crippen molar-refractivity contribution in [2.45, 2.75) is 24.9 Å². The summed E-state index contributed by atoms with van der Waals surface area (Å²) in [5.74, 6) is -2.04. The summed E-state index contributed by atoms with van der Waals surface area (Å²) in [6.07, 6.45) is 0. The standard InChI is InChI=1S/C22H18BrClN2O8S/c1-10(27)32-7-11-9-35-21-17(20(29)26(21)18(11)22(30)31)25-19(28)16-5-3-13(34-16)8-33-15-4-2-12(23)6-14(15)24/h2-6,17,21H,7-9H2,1H3,(H,25,28)(H,30,31)/t17-,21-/m1/s1. The Morgan fingerprint density at radius 2 is 2.06 bits per heavy atom. The number of ether oxygens (including phenoxy) is 2. The molecule has 2 atom stereocenters. The molecular weight excluding hydrogens is 568 g/mol. The summed E-state index contributed by atoms with van der Waals surface area (Å²) in [5, 5.41) is 12.0. The van der Waals surface area contributed by atoms with E-state index in [0.717, 1.165) is 9.37 Å². The lowest BCUT2D eigenvalue weighted by atomic mass is 10.0. The van der Waals surface area contributed by atoms with E-state index in [-0.39, 0.29) is 30.4 Å². The Balaban J connectivity index is 1.38. The average Bonchev–Trinajstić information content (AvgIpc) is 3.28. The van der Waals surface area contributed by atoms with Crippen molar-refractivity contribution in [1.29, 1.82) is 0 Å². The van der Waals surface area contributed by atoms with E-state index in [4.69, 9.17) is 25.5 Å². The molecule has 13 heteroatoms. The summed E-state index contributed by atoms with van der Waals surface area (Å²) in [7, 11) is 0. The van der Waals surface area contributed by atoms with E-state index in [9.17, 15) is 24.3 Å². The maximum absolute atomic E-state index is 12.7. The van der Waals surface area contributed by atoms with Crippen LogP contribution in [-0.4, -0.2) is 57.5 Å². The molecule has 1 saturated heterocycles. The Bertz CT molecular complexity index is 1250. The predicted molar refractivity (Wildman–Crippen MR) is 128 cm³/mol. The fourth-order valence-corrected chi connectivity index (χ4v) is 5.57. The molecule has 1 fully saturated rings. The van der Waals surface area contributed by atoms with Crippen molar-refractivity contribution >= 4 is 63.0 Å². The first-order valence-corrected chi connectivity index (χ1v) is 12.4. The fraction of sp³-hybridized carbons (Fsp3) is 0.273. The summed E-state index contributed by atoms with van der Waals surface area (Å²) in [5.41, 5.74) is 0.0863. The molecular formula is C22H18BrClN2O8S. The zero-order valence-corrected chi connectivity index (χ0v) is 21.2. The van der Waals surface area contributed by atoms with Gasteiger partial charge >= 0.3 is 11.9 Å². The third-order valence-electron chi connectivity index (χ3n) is 5.14. The second kappa shape index (κ2) is 10.3. The topological polar surface area (TPSA) is 135 Å². The van der Waals surface area contributed by atoms with E-state index in [0.29, 0.717) is 22.1 Å². The van der Waals surface area contributed by atoms with Crippen molar-refractivity contribution in [2.75, 3.05) is 12.4 Å². The zero-order chi connectivity index (χ0) is 25.3. The van der Waals surface area contributed by atoms with E-state index in [1.165, 1.54) is 24.8 Å². The van der Waals surface area contributed by atoms with Crippen LogP contribution in [0.15, 0.2) is 50.5 Å². The molecule has 0 spiro atoms. The molecule has 1 aromatic heterocycles. The number of carbonyl (C=O) groups is 4. The molecule has 2 aliphatic heterocycles. The van der Waals surface area contributed by atoms with Crippen molar-refractivity contribution in [3.8, 4) is 5.75 Å². The molecule has 10 nitrogen and oxygen atoms in total. The minimum Gasteiger partial charge on any atom is -0.484 e. The number of carboxylic acids is 1. The summed E-state index contributed by atoms with van der Waals surface area (Å²) in [6.45, 7) is 1.02. The number of hydrogen-bond donors (Lipinski definition) is 2. The lowest BCUT2D eigenvalue weighted by Gasteiger charge is -2.49. The molecule has 2 aliphatic rings. The van der Waals surface area contributed by atoms with E-state index < -0.39 is 35.2 Å². The Hall–Kier alpha value is -2.96. The van der Waals surface area contributed by atoms with Gasteiger partial charge in [-0.25, -0.2) is 4.79 Å². The van der Waals surface area contributed by atoms with Crippen LogP contribution in [-0.2, 0) is 25.7 Å². The van der Waals surface area contributed by atoms with Crippen molar-refractivity contribution in [3.63, 3.8) is 0 Å². The Labute approximate surface area is 216 Å². The van der Waals surface area contributed by atoms with Gasteiger partial charge in [0.1, 0.15) is 41.8 Å². The SMILES string of the molecule is CC(=O)OCC1=C(C(=O)O)N2C(=O)[C@@H](NC(=O)c3ccc(COc4ccc(Br)cc4Cl)o3)[C@H]2SC1. The highest BCUT2D eigenvalue weighted by molar-refractivity contribution is 9.10. The van der Waals surface area contributed by atoms with Gasteiger partial charge < -0.3 is 24.3 Å². The molecule has 2 aromatic rings. The maximum Gasteiger partial charge on any atom is 0.352 e. The number of thioether (sulfide) groups is 1. The summed E-state index contributed by atoms with van der Waals surface area (Å²) in [4.78, 5) is 49.3. The molecule has 2 amide bonds. The van der Waals surface area contributed by atoms with E-state index in [1.54, 1.807) is 24.3 Å². The number of furan rings is 1. The van der Waals surface area contributed by atoms with Gasteiger partial charge in [0, 0.05) is 22.7 Å². The molecule has 0 bridgehead atoms. The number of aliphatic carboxylic acids is 1. The van der Waals surface area contributed by atoms with Crippen LogP contribution in [0.25, 0.3) is 0 Å². The molecule has 3 heterocycles. The van der Waals surface area contributed by atoms with Crippen LogP contribution in [0.2, 0.25) is 5.02 Å². The number of esters is 1. The van der Waals surface area contributed by atoms with E-state index in [2.05, 4.69) is 21.2 Å². The van der Waals surface area contributed by atoms with Crippen molar-refractivity contribution in [2.24, 2.45) is 0 Å². The Morgan fingerprint density at radius 1 is 1.29 bits per heavy atom. The van der Waals surface area contributed by atoms with Gasteiger partial charge in [0.05, 0.1) is 5.02 Å². The number of halogens is 2. The highest BCUT2D eigenvalue weighted by Crippen LogP contribution is 2.40. The van der Waals surface area contributed by atoms with Crippen LogP contribution in [0.4, 0.5) is 0 Å². The van der Waals surface area contributed by atoms with Gasteiger partial charge in [-0.1, -0.05) is 27.5 Å². The summed E-state index contributed by atoms with van der Waals surface area (Å²) >= 11 is 10.7. The van der Waals surface area contributed by atoms with Crippen LogP contribution in [0, 0.1) is 0 Å². The minimum atomic E-state index is -1.31. The number of nitrogens with zero attached hydrogens (tertiary/aromatic N) is 1. The maximum atomic E-state index is 12.7. The molecule has 0 unspecified atom stereocenters. The first-order chi connectivity index (χ1) is 16.7. The fourth-order valence-electron chi connectivity index (χ4n) is 3.51. The third kappa shape index (κ3) is 5.34. The van der Waals surface area contributed by atoms with Gasteiger partial charge in [-0.2, -0.15) is 0 Å². The van der Waals surface area contributed by atoms with Crippen molar-refractivity contribution in [1.82, 2.24) is 10.2 Å². The van der Waals surface area contributed by atoms with Crippen LogP contribution < -0.4 is 10.1 Å². The van der Waals surface area contributed by atoms with Crippen LogP contribution in [0.3, 0.4) is 0 Å². The highest BCUT2D eigenvalue weighted by atomic mass is 79.9. The molecule has 35 heavy (non-hydrogen) atoms. The van der Waals surface area contributed by atoms with Gasteiger partial charge in [0.25, 0.3) is 11.8 Å². The average molecular weight is 586 g/mol. The normalized spacial score (nSPS) is 19.1. The van der Waals surface area contributed by atoms with E-state index >= 15 is 0 Å². The number of fused-ring (bicyclic) bond motifs is 1. The molecule has 0 radical (unpaired) electrons. The first kappa shape index (κ1) is 25.1. The Kier molecular flexibility index (Phi) is 7.43. The van der Waals surface area contributed by atoms with Gasteiger partial charge in [-0.05, 0) is 30.3 Å². The predicted octanol–water partition coefficient (Wildman–Crippen LogP) is 3.19. The third-order valence-corrected chi connectivity index (χ3v) is 7.26. The number of amides is 2. The molecule has 2 N–H and O–H groups in total. The number of benzene rings is 1. The van der Waals surface area contributed by atoms with Gasteiger partial charge in [-0.15, -0.1) is 11.8 Å². The second-order valence-corrected chi connectivity index (χ2v) is 9.96. The van der Waals surface area contributed by atoms with Gasteiger partial charge in [0.2, 0.25) is 0 Å². The largest absolute Gasteiger partial charge is 0.484 e. The van der Waals surface area contributed by atoms with Crippen LogP contribution >= 0.6 is 39.3 Å². The van der Waals surface area contributed by atoms with Gasteiger partial charge in [-0.3, -0.25) is 19.3 Å². The smallest absolute Gasteiger partial charge is 0.352 e. The molecule has 0 saturated carbocycles. The monoisotopic (exact) mass is 584 g/mol. The van der Waals surface area contributed by atoms with Crippen LogP contribution in [0.5, 0.6) is 5.75 Å². The van der Waals surface area contributed by atoms with Crippen LogP contribution in [0.1, 0.15) is 23.2 Å². The Morgan fingerprint density at radius 3 is 2.74 bits per heavy atom.